The quantitative estimate of drug-likeness (QED) is 0.516. The van der Waals surface area contributed by atoms with Crippen LogP contribution in [0.2, 0.25) is 0 Å². The van der Waals surface area contributed by atoms with Crippen molar-refractivity contribution in [3.63, 3.8) is 0 Å². The second kappa shape index (κ2) is 10.1. The van der Waals surface area contributed by atoms with Gasteiger partial charge in [0.25, 0.3) is 0 Å². The van der Waals surface area contributed by atoms with Crippen LogP contribution in [0, 0.1) is 6.92 Å². The van der Waals surface area contributed by atoms with Gasteiger partial charge in [0.1, 0.15) is 16.1 Å². The average molecular weight is 444 g/mol. The molecule has 0 spiro atoms. The minimum Gasteiger partial charge on any atom is -0.462 e. The number of nitrogens with zero attached hydrogens (tertiary/aromatic N) is 2. The molecule has 1 rings (SSSR count). The van der Waals surface area contributed by atoms with Gasteiger partial charge >= 0.3 is 18.2 Å². The number of rotatable bonds is 6. The lowest BCUT2D eigenvalue weighted by atomic mass is 10.2. The van der Waals surface area contributed by atoms with Gasteiger partial charge in [-0.3, -0.25) is 0 Å². The first-order valence-corrected chi connectivity index (χ1v) is 10.6. The van der Waals surface area contributed by atoms with Gasteiger partial charge in [0.2, 0.25) is 0 Å². The molecular formula is C20H33N3O6S. The molecule has 0 aromatic carbocycles. The molecule has 0 aliphatic heterocycles. The van der Waals surface area contributed by atoms with Crippen LogP contribution in [0.5, 0.6) is 0 Å². The third kappa shape index (κ3) is 8.17. The van der Waals surface area contributed by atoms with Gasteiger partial charge in [-0.15, -0.1) is 0 Å². The van der Waals surface area contributed by atoms with Gasteiger partial charge in [-0.05, 0) is 62.3 Å². The number of aromatic nitrogens is 1. The summed E-state index contributed by atoms with van der Waals surface area (Å²) in [6.07, 6.45) is -1.23. The number of nitrogens with one attached hydrogen (secondary N) is 1. The zero-order valence-electron chi connectivity index (χ0n) is 19.2. The van der Waals surface area contributed by atoms with E-state index >= 15 is 0 Å². The van der Waals surface area contributed by atoms with Crippen LogP contribution in [-0.2, 0) is 14.2 Å². The van der Waals surface area contributed by atoms with Gasteiger partial charge < -0.3 is 19.5 Å². The highest BCUT2D eigenvalue weighted by molar-refractivity contribution is 7.17. The Kier molecular flexibility index (Phi) is 8.64. The lowest BCUT2D eigenvalue weighted by Gasteiger charge is -2.30. The Labute approximate surface area is 182 Å². The lowest BCUT2D eigenvalue weighted by molar-refractivity contribution is 0.0500. The van der Waals surface area contributed by atoms with Crippen molar-refractivity contribution in [3.8, 4) is 0 Å². The summed E-state index contributed by atoms with van der Waals surface area (Å²) in [7, 11) is 0. The van der Waals surface area contributed by atoms with E-state index in [9.17, 15) is 14.4 Å². The van der Waals surface area contributed by atoms with E-state index in [0.29, 0.717) is 10.6 Å². The number of amides is 2. The summed E-state index contributed by atoms with van der Waals surface area (Å²) < 4.78 is 15.8. The molecule has 9 nitrogen and oxygen atoms in total. The zero-order chi connectivity index (χ0) is 23.3. The number of thiazole rings is 1. The fraction of sp³-hybridized carbons (Fsp3) is 0.700. The predicted octanol–water partition coefficient (Wildman–Crippen LogP) is 4.28. The molecule has 0 fully saturated rings. The Morgan fingerprint density at radius 1 is 1.10 bits per heavy atom. The first-order valence-electron chi connectivity index (χ1n) is 9.78. The van der Waals surface area contributed by atoms with Crippen LogP contribution in [0.3, 0.4) is 0 Å². The van der Waals surface area contributed by atoms with Crippen molar-refractivity contribution >= 4 is 34.6 Å². The highest BCUT2D eigenvalue weighted by Crippen LogP contribution is 2.29. The minimum atomic E-state index is -0.732. The Hall–Kier alpha value is -2.36. The number of hydrogen-bond donors (Lipinski definition) is 1. The van der Waals surface area contributed by atoms with Gasteiger partial charge in [-0.1, -0.05) is 11.3 Å². The van der Waals surface area contributed by atoms with Gasteiger partial charge in [-0.25, -0.2) is 24.3 Å². The molecule has 2 amide bonds. The van der Waals surface area contributed by atoms with Crippen molar-refractivity contribution in [2.45, 2.75) is 79.6 Å². The average Bonchev–Trinajstić information content (AvgIpc) is 2.91. The van der Waals surface area contributed by atoms with Crippen LogP contribution in [-0.4, -0.2) is 53.5 Å². The van der Waals surface area contributed by atoms with E-state index in [2.05, 4.69) is 10.3 Å². The van der Waals surface area contributed by atoms with Crippen molar-refractivity contribution in [2.24, 2.45) is 0 Å². The number of hydrogen-bond acceptors (Lipinski definition) is 8. The molecule has 0 aliphatic carbocycles. The largest absolute Gasteiger partial charge is 0.462 e. The van der Waals surface area contributed by atoms with E-state index in [-0.39, 0.29) is 18.3 Å². The summed E-state index contributed by atoms with van der Waals surface area (Å²) in [4.78, 5) is 43.1. The first-order chi connectivity index (χ1) is 13.6. The number of alkyl carbamates (subject to hydrolysis) is 1. The maximum Gasteiger partial charge on any atom is 0.416 e. The lowest BCUT2D eigenvalue weighted by Crippen LogP contribution is -2.48. The van der Waals surface area contributed by atoms with Crippen LogP contribution < -0.4 is 10.2 Å². The molecule has 0 bridgehead atoms. The van der Waals surface area contributed by atoms with Gasteiger partial charge in [0.15, 0.2) is 5.13 Å². The number of aryl methyl sites for hydroxylation is 1. The Morgan fingerprint density at radius 3 is 2.17 bits per heavy atom. The molecule has 0 radical (unpaired) electrons. The van der Waals surface area contributed by atoms with Crippen LogP contribution in [0.1, 0.15) is 70.8 Å². The van der Waals surface area contributed by atoms with Crippen molar-refractivity contribution in [3.05, 3.63) is 10.6 Å². The maximum absolute atomic E-state index is 12.9. The van der Waals surface area contributed by atoms with Crippen molar-refractivity contribution < 1.29 is 28.6 Å². The molecule has 30 heavy (non-hydrogen) atoms. The Morgan fingerprint density at radius 2 is 1.67 bits per heavy atom. The summed E-state index contributed by atoms with van der Waals surface area (Å²) in [5.74, 6) is -0.498. The Balaban J connectivity index is 3.11. The van der Waals surface area contributed by atoms with E-state index in [1.807, 2.05) is 0 Å². The normalized spacial score (nSPS) is 12.7. The molecule has 0 aliphatic rings. The predicted molar refractivity (Wildman–Crippen MR) is 115 cm³/mol. The standard InChI is InChI=1S/C20H33N3O6S/c1-10-27-15(24)14-13(3)22-16(30-14)23(18(26)29-20(7,8)9)12(2)11-21-17(25)28-19(4,5)6/h12H,10-11H2,1-9H3,(H,21,25)/t12-/m1/s1. The van der Waals surface area contributed by atoms with Crippen LogP contribution in [0.25, 0.3) is 0 Å². The number of esters is 1. The van der Waals surface area contributed by atoms with Crippen LogP contribution >= 0.6 is 11.3 Å². The first kappa shape index (κ1) is 25.7. The monoisotopic (exact) mass is 443 g/mol. The highest BCUT2D eigenvalue weighted by atomic mass is 32.1. The van der Waals surface area contributed by atoms with E-state index in [4.69, 9.17) is 14.2 Å². The second-order valence-corrected chi connectivity index (χ2v) is 9.69. The fourth-order valence-corrected chi connectivity index (χ4v) is 3.32. The summed E-state index contributed by atoms with van der Waals surface area (Å²) in [5.41, 5.74) is -0.919. The number of anilines is 1. The molecular weight excluding hydrogens is 410 g/mol. The third-order valence-electron chi connectivity index (χ3n) is 3.42. The molecule has 1 heterocycles. The molecule has 0 saturated heterocycles. The molecule has 0 unspecified atom stereocenters. The molecule has 10 heteroatoms. The zero-order valence-corrected chi connectivity index (χ0v) is 20.1. The SMILES string of the molecule is CCOC(=O)c1sc(N(C(=O)OC(C)(C)C)[C@H](C)CNC(=O)OC(C)(C)C)nc1C. The third-order valence-corrected chi connectivity index (χ3v) is 4.56. The van der Waals surface area contributed by atoms with Crippen molar-refractivity contribution in [1.29, 1.82) is 0 Å². The number of carbonyl (C=O) groups excluding carboxylic acids is 3. The maximum atomic E-state index is 12.9. The number of ether oxygens (including phenoxy) is 3. The van der Waals surface area contributed by atoms with E-state index in [0.717, 1.165) is 11.3 Å². The van der Waals surface area contributed by atoms with Gasteiger partial charge in [0.05, 0.1) is 18.3 Å². The fourth-order valence-electron chi connectivity index (χ4n) is 2.27. The van der Waals surface area contributed by atoms with Crippen LogP contribution in [0.15, 0.2) is 0 Å². The minimum absolute atomic E-state index is 0.0987. The summed E-state index contributed by atoms with van der Waals surface area (Å²) in [6.45, 7) is 16.0. The summed E-state index contributed by atoms with van der Waals surface area (Å²) in [5, 5.41) is 2.93. The van der Waals surface area contributed by atoms with Gasteiger partial charge in [0, 0.05) is 6.54 Å². The van der Waals surface area contributed by atoms with E-state index < -0.39 is 35.4 Å². The van der Waals surface area contributed by atoms with E-state index in [1.54, 1.807) is 62.3 Å². The highest BCUT2D eigenvalue weighted by Gasteiger charge is 2.32. The molecule has 1 aromatic heterocycles. The molecule has 1 N–H and O–H groups in total. The Bertz CT molecular complexity index is 764. The second-order valence-electron chi connectivity index (χ2n) is 8.71. The summed E-state index contributed by atoms with van der Waals surface area (Å²) in [6, 6.07) is -0.520. The summed E-state index contributed by atoms with van der Waals surface area (Å²) >= 11 is 1.04. The van der Waals surface area contributed by atoms with Crippen molar-refractivity contribution in [1.82, 2.24) is 10.3 Å². The topological polar surface area (TPSA) is 107 Å². The molecule has 0 saturated carbocycles. The molecule has 1 aromatic rings. The number of carbonyl (C=O) groups is 3. The van der Waals surface area contributed by atoms with Gasteiger partial charge in [-0.2, -0.15) is 0 Å². The van der Waals surface area contributed by atoms with Crippen molar-refractivity contribution in [2.75, 3.05) is 18.1 Å². The smallest absolute Gasteiger partial charge is 0.416 e. The van der Waals surface area contributed by atoms with Crippen LogP contribution in [0.4, 0.5) is 14.7 Å². The van der Waals surface area contributed by atoms with E-state index in [1.165, 1.54) is 4.90 Å². The molecule has 170 valence electrons. The molecule has 1 atom stereocenters.